The van der Waals surface area contributed by atoms with Crippen LogP contribution < -0.4 is 4.90 Å². The van der Waals surface area contributed by atoms with E-state index in [9.17, 15) is 4.79 Å². The lowest BCUT2D eigenvalue weighted by Crippen LogP contribution is -2.28. The average molecular weight is 419 g/mol. The molecule has 0 spiro atoms. The molecule has 2 unspecified atom stereocenters. The zero-order valence-electron chi connectivity index (χ0n) is 18.5. The van der Waals surface area contributed by atoms with Gasteiger partial charge in [-0.3, -0.25) is 9.78 Å². The number of aromatic nitrogens is 1. The molecule has 2 rings (SSSR count). The molecule has 0 saturated heterocycles. The summed E-state index contributed by atoms with van der Waals surface area (Å²) in [5.41, 5.74) is 1.67. The Morgan fingerprint density at radius 2 is 2.14 bits per heavy atom. The second kappa shape index (κ2) is 10.8. The van der Waals surface area contributed by atoms with Crippen molar-refractivity contribution in [3.8, 4) is 0 Å². The molecule has 0 bridgehead atoms. The highest BCUT2D eigenvalue weighted by molar-refractivity contribution is 6.32. The largest absolute Gasteiger partial charge is 0.460 e. The van der Waals surface area contributed by atoms with Gasteiger partial charge in [-0.05, 0) is 69.6 Å². The van der Waals surface area contributed by atoms with Gasteiger partial charge in [-0.25, -0.2) is 0 Å². The normalized spacial score (nSPS) is 17.5. The van der Waals surface area contributed by atoms with Crippen molar-refractivity contribution in [1.82, 2.24) is 4.98 Å². The maximum absolute atomic E-state index is 12.5. The summed E-state index contributed by atoms with van der Waals surface area (Å²) in [5.74, 6) is 0.181. The number of carbonyl (C=O) groups excluding carboxylic acids is 1. The van der Waals surface area contributed by atoms with Gasteiger partial charge < -0.3 is 9.64 Å². The van der Waals surface area contributed by atoms with Gasteiger partial charge in [0.25, 0.3) is 0 Å². The standard InChI is InChI=1S/C24H35ClN2O2/c1-6-10-19(15-23(28)29-24(3,4)5)18(2)21-17-27(14-8-7-12-22(21)25)20-11-9-13-26-16-20/h9,11-13,16-19H,6-8,10,14-15H2,1-5H3. The van der Waals surface area contributed by atoms with Crippen LogP contribution in [0.1, 0.15) is 66.7 Å². The summed E-state index contributed by atoms with van der Waals surface area (Å²) < 4.78 is 5.59. The first-order valence-electron chi connectivity index (χ1n) is 10.7. The molecule has 0 amide bonds. The number of anilines is 1. The molecule has 5 heteroatoms. The highest BCUT2D eigenvalue weighted by Gasteiger charge is 2.28. The van der Waals surface area contributed by atoms with E-state index in [1.54, 1.807) is 6.20 Å². The third-order valence-corrected chi connectivity index (χ3v) is 5.55. The number of nitrogens with zero attached hydrogens (tertiary/aromatic N) is 2. The predicted octanol–water partition coefficient (Wildman–Crippen LogP) is 6.47. The molecule has 0 N–H and O–H groups in total. The summed E-state index contributed by atoms with van der Waals surface area (Å²) in [6.45, 7) is 11.0. The number of carbonyl (C=O) groups is 1. The van der Waals surface area contributed by atoms with Crippen molar-refractivity contribution in [2.24, 2.45) is 11.8 Å². The van der Waals surface area contributed by atoms with Crippen molar-refractivity contribution in [2.75, 3.05) is 11.4 Å². The van der Waals surface area contributed by atoms with E-state index < -0.39 is 5.60 Å². The summed E-state index contributed by atoms with van der Waals surface area (Å²) in [6.07, 6.45) is 12.3. The molecule has 0 fully saturated rings. The van der Waals surface area contributed by atoms with Crippen molar-refractivity contribution in [3.63, 3.8) is 0 Å². The summed E-state index contributed by atoms with van der Waals surface area (Å²) in [7, 11) is 0. The third kappa shape index (κ3) is 7.50. The molecular weight excluding hydrogens is 384 g/mol. The molecule has 0 aliphatic carbocycles. The monoisotopic (exact) mass is 418 g/mol. The van der Waals surface area contributed by atoms with Crippen LogP contribution in [0.5, 0.6) is 0 Å². The number of pyridine rings is 1. The van der Waals surface area contributed by atoms with Crippen LogP contribution in [0.3, 0.4) is 0 Å². The number of ether oxygens (including phenoxy) is 1. The average Bonchev–Trinajstić information content (AvgIpc) is 2.64. The van der Waals surface area contributed by atoms with Crippen molar-refractivity contribution < 1.29 is 9.53 Å². The minimum Gasteiger partial charge on any atom is -0.460 e. The van der Waals surface area contributed by atoms with Crippen molar-refractivity contribution in [1.29, 1.82) is 0 Å². The topological polar surface area (TPSA) is 42.4 Å². The number of halogens is 1. The maximum atomic E-state index is 12.5. The van der Waals surface area contributed by atoms with Gasteiger partial charge in [0.2, 0.25) is 0 Å². The molecule has 29 heavy (non-hydrogen) atoms. The number of rotatable bonds is 7. The van der Waals surface area contributed by atoms with Crippen LogP contribution in [-0.4, -0.2) is 23.1 Å². The lowest BCUT2D eigenvalue weighted by Gasteiger charge is -2.30. The molecule has 1 aromatic rings. The van der Waals surface area contributed by atoms with Crippen molar-refractivity contribution >= 4 is 23.3 Å². The molecule has 2 atom stereocenters. The fraction of sp³-hybridized carbons (Fsp3) is 0.583. The van der Waals surface area contributed by atoms with Crippen LogP contribution in [0.15, 0.2) is 47.4 Å². The summed E-state index contributed by atoms with van der Waals surface area (Å²) in [6, 6.07) is 4.01. The van der Waals surface area contributed by atoms with Crippen LogP contribution in [0.4, 0.5) is 5.69 Å². The Hall–Kier alpha value is -1.81. The number of esters is 1. The van der Waals surface area contributed by atoms with Gasteiger partial charge in [-0.15, -0.1) is 0 Å². The smallest absolute Gasteiger partial charge is 0.306 e. The molecule has 0 saturated carbocycles. The third-order valence-electron chi connectivity index (χ3n) is 5.18. The molecule has 1 aromatic heterocycles. The van der Waals surface area contributed by atoms with Crippen molar-refractivity contribution in [3.05, 3.63) is 47.4 Å². The highest BCUT2D eigenvalue weighted by atomic mass is 35.5. The quantitative estimate of drug-likeness (QED) is 0.475. The molecule has 0 aromatic carbocycles. The summed E-state index contributed by atoms with van der Waals surface area (Å²) >= 11 is 6.73. The van der Waals surface area contributed by atoms with Crippen molar-refractivity contribution in [2.45, 2.75) is 72.3 Å². The van der Waals surface area contributed by atoms with E-state index in [0.717, 1.165) is 48.5 Å². The minimum absolute atomic E-state index is 0.140. The van der Waals surface area contributed by atoms with Crippen LogP contribution in [0.25, 0.3) is 0 Å². The van der Waals surface area contributed by atoms with E-state index in [4.69, 9.17) is 16.3 Å². The predicted molar refractivity (Wildman–Crippen MR) is 121 cm³/mol. The van der Waals surface area contributed by atoms with Gasteiger partial charge in [-0.1, -0.05) is 37.9 Å². The lowest BCUT2D eigenvalue weighted by molar-refractivity contribution is -0.156. The van der Waals surface area contributed by atoms with Crippen LogP contribution in [-0.2, 0) is 9.53 Å². The van der Waals surface area contributed by atoms with Crippen LogP contribution in [0.2, 0.25) is 0 Å². The first-order chi connectivity index (χ1) is 13.7. The zero-order valence-corrected chi connectivity index (χ0v) is 19.2. The minimum atomic E-state index is -0.467. The first-order valence-corrected chi connectivity index (χ1v) is 11.0. The number of hydrogen-bond acceptors (Lipinski definition) is 4. The zero-order chi connectivity index (χ0) is 21.4. The summed E-state index contributed by atoms with van der Waals surface area (Å²) in [5, 5.41) is 0.788. The first kappa shape index (κ1) is 23.5. The Morgan fingerprint density at radius 3 is 2.76 bits per heavy atom. The van der Waals surface area contributed by atoms with Gasteiger partial charge in [0.1, 0.15) is 5.60 Å². The van der Waals surface area contributed by atoms with Gasteiger partial charge >= 0.3 is 5.97 Å². The molecule has 2 heterocycles. The Balaban J connectivity index is 2.29. The molecule has 4 nitrogen and oxygen atoms in total. The molecule has 1 aliphatic rings. The van der Waals surface area contributed by atoms with E-state index >= 15 is 0 Å². The van der Waals surface area contributed by atoms with E-state index in [2.05, 4.69) is 42.1 Å². The Kier molecular flexibility index (Phi) is 8.76. The lowest BCUT2D eigenvalue weighted by atomic mass is 9.81. The fourth-order valence-corrected chi connectivity index (χ4v) is 4.05. The summed E-state index contributed by atoms with van der Waals surface area (Å²) in [4.78, 5) is 19.0. The van der Waals surface area contributed by atoms with Gasteiger partial charge in [0.15, 0.2) is 0 Å². The van der Waals surface area contributed by atoms with E-state index in [1.165, 1.54) is 0 Å². The Labute approximate surface area is 181 Å². The van der Waals surface area contributed by atoms with E-state index in [1.807, 2.05) is 33.0 Å². The van der Waals surface area contributed by atoms with E-state index in [-0.39, 0.29) is 17.8 Å². The van der Waals surface area contributed by atoms with Gasteiger partial charge in [0, 0.05) is 30.4 Å². The van der Waals surface area contributed by atoms with Gasteiger partial charge in [-0.2, -0.15) is 0 Å². The SMILES string of the molecule is CCCC(CC(=O)OC(C)(C)C)C(C)C1=CN(c2cccnc2)CCCC=C1Cl. The Bertz CT molecular complexity index is 722. The number of hydrogen-bond donors (Lipinski definition) is 0. The number of allylic oxidation sites excluding steroid dienone is 3. The second-order valence-corrected chi connectivity index (χ2v) is 9.22. The van der Waals surface area contributed by atoms with Crippen LogP contribution in [0, 0.1) is 11.8 Å². The second-order valence-electron chi connectivity index (χ2n) is 8.81. The maximum Gasteiger partial charge on any atom is 0.306 e. The highest BCUT2D eigenvalue weighted by Crippen LogP contribution is 2.36. The molecule has 0 radical (unpaired) electrons. The molecule has 1 aliphatic heterocycles. The van der Waals surface area contributed by atoms with Gasteiger partial charge in [0.05, 0.1) is 11.9 Å². The molecular formula is C24H35ClN2O2. The fourth-order valence-electron chi connectivity index (χ4n) is 3.72. The Morgan fingerprint density at radius 1 is 1.38 bits per heavy atom. The van der Waals surface area contributed by atoms with E-state index in [0.29, 0.717) is 6.42 Å². The molecule has 160 valence electrons. The van der Waals surface area contributed by atoms with Crippen LogP contribution >= 0.6 is 11.6 Å².